The maximum Gasteiger partial charge on any atom is 0.247 e. The molecule has 0 amide bonds. The smallest absolute Gasteiger partial charge is 0.247 e. The highest BCUT2D eigenvalue weighted by molar-refractivity contribution is 5.59. The third kappa shape index (κ3) is 4.59. The second-order valence-electron chi connectivity index (χ2n) is 7.75. The van der Waals surface area contributed by atoms with E-state index >= 15 is 0 Å². The fourth-order valence-electron chi connectivity index (χ4n) is 3.76. The summed E-state index contributed by atoms with van der Waals surface area (Å²) in [7, 11) is 5.98. The monoisotopic (exact) mass is 392 g/mol. The van der Waals surface area contributed by atoms with Gasteiger partial charge in [-0.25, -0.2) is 0 Å². The van der Waals surface area contributed by atoms with Gasteiger partial charge in [0.05, 0.1) is 7.11 Å². The van der Waals surface area contributed by atoms with Gasteiger partial charge in [0.1, 0.15) is 5.75 Å². The van der Waals surface area contributed by atoms with Gasteiger partial charge < -0.3 is 19.0 Å². The quantitative estimate of drug-likeness (QED) is 0.612. The van der Waals surface area contributed by atoms with Gasteiger partial charge in [-0.2, -0.15) is 0 Å². The molecule has 1 saturated heterocycles. The molecule has 1 aromatic heterocycles. The molecule has 3 aromatic rings. The minimum Gasteiger partial charge on any atom is -0.497 e. The first-order valence-corrected chi connectivity index (χ1v) is 10.1. The van der Waals surface area contributed by atoms with E-state index in [0.717, 1.165) is 30.8 Å². The van der Waals surface area contributed by atoms with Crippen LogP contribution in [-0.2, 0) is 12.8 Å². The van der Waals surface area contributed by atoms with Crippen molar-refractivity contribution in [2.45, 2.75) is 25.3 Å². The molecule has 1 aliphatic heterocycles. The molecule has 152 valence electrons. The van der Waals surface area contributed by atoms with Crippen LogP contribution in [0.15, 0.2) is 52.9 Å². The van der Waals surface area contributed by atoms with Crippen LogP contribution >= 0.6 is 0 Å². The van der Waals surface area contributed by atoms with Crippen LogP contribution in [0.5, 0.6) is 5.75 Å². The van der Waals surface area contributed by atoms with E-state index in [9.17, 15) is 0 Å². The zero-order valence-corrected chi connectivity index (χ0v) is 17.3. The number of hydrogen-bond donors (Lipinski definition) is 0. The van der Waals surface area contributed by atoms with Crippen molar-refractivity contribution in [3.8, 4) is 17.2 Å². The lowest BCUT2D eigenvalue weighted by Crippen LogP contribution is -2.31. The highest BCUT2D eigenvalue weighted by Gasteiger charge is 2.24. The highest BCUT2D eigenvalue weighted by Crippen LogP contribution is 2.26. The summed E-state index contributed by atoms with van der Waals surface area (Å²) in [4.78, 5) is 4.74. The fraction of sp³-hybridized carbons (Fsp3) is 0.391. The number of ether oxygens (including phenoxy) is 1. The Balaban J connectivity index is 1.38. The summed E-state index contributed by atoms with van der Waals surface area (Å²) < 4.78 is 11.2. The predicted octanol–water partition coefficient (Wildman–Crippen LogP) is 3.67. The lowest BCUT2D eigenvalue weighted by molar-refractivity contribution is 0.315. The number of likely N-dealkylation sites (N-methyl/N-ethyl adjacent to an activating group) is 1. The number of rotatable bonds is 7. The number of hydrogen-bond acceptors (Lipinski definition) is 6. The zero-order chi connectivity index (χ0) is 20.2. The van der Waals surface area contributed by atoms with Crippen LogP contribution < -0.4 is 9.64 Å². The molecule has 0 bridgehead atoms. The summed E-state index contributed by atoms with van der Waals surface area (Å²) in [6, 6.07) is 17.1. The largest absolute Gasteiger partial charge is 0.497 e. The third-order valence-corrected chi connectivity index (χ3v) is 5.60. The first kappa shape index (κ1) is 19.5. The van der Waals surface area contributed by atoms with E-state index < -0.39 is 0 Å². The van der Waals surface area contributed by atoms with Gasteiger partial charge in [-0.3, -0.25) is 0 Å². The van der Waals surface area contributed by atoms with Gasteiger partial charge in [-0.1, -0.05) is 12.1 Å². The molecule has 4 rings (SSSR count). The van der Waals surface area contributed by atoms with Gasteiger partial charge in [0.15, 0.2) is 0 Å². The molecule has 1 aliphatic rings. The SMILES string of the molecule is COc1cccc(CCc2nnc(-c3ccc(N4CCC(N(C)C)C4)cc3)o2)c1. The molecule has 0 N–H and O–H groups in total. The third-order valence-electron chi connectivity index (χ3n) is 5.60. The molecular weight excluding hydrogens is 364 g/mol. The average Bonchev–Trinajstić information content (AvgIpc) is 3.43. The Bertz CT molecular complexity index is 936. The van der Waals surface area contributed by atoms with Gasteiger partial charge in [-0.15, -0.1) is 10.2 Å². The maximum absolute atomic E-state index is 5.89. The first-order chi connectivity index (χ1) is 14.1. The van der Waals surface area contributed by atoms with E-state index in [-0.39, 0.29) is 0 Å². The van der Waals surface area contributed by atoms with Crippen molar-refractivity contribution in [2.24, 2.45) is 0 Å². The summed E-state index contributed by atoms with van der Waals surface area (Å²) in [6.45, 7) is 2.17. The van der Waals surface area contributed by atoms with Crippen molar-refractivity contribution >= 4 is 5.69 Å². The molecule has 0 aliphatic carbocycles. The number of methoxy groups -OCH3 is 1. The fourth-order valence-corrected chi connectivity index (χ4v) is 3.76. The standard InChI is InChI=1S/C23H28N4O2/c1-26(2)20-13-14-27(16-20)19-10-8-18(9-11-19)23-25-24-22(29-23)12-7-17-5-4-6-21(15-17)28-3/h4-6,8-11,15,20H,7,12-14,16H2,1-3H3. The second kappa shape index (κ2) is 8.66. The van der Waals surface area contributed by atoms with E-state index in [2.05, 4.69) is 64.4 Å². The van der Waals surface area contributed by atoms with Crippen LogP contribution in [0.1, 0.15) is 17.9 Å². The number of nitrogens with zero attached hydrogens (tertiary/aromatic N) is 4. The molecule has 1 fully saturated rings. The van der Waals surface area contributed by atoms with Crippen LogP contribution in [0.2, 0.25) is 0 Å². The maximum atomic E-state index is 5.89. The van der Waals surface area contributed by atoms with Crippen LogP contribution in [0.3, 0.4) is 0 Å². The lowest BCUT2D eigenvalue weighted by Gasteiger charge is -2.21. The Hall–Kier alpha value is -2.86. The molecule has 0 radical (unpaired) electrons. The molecule has 6 nitrogen and oxygen atoms in total. The van der Waals surface area contributed by atoms with Crippen molar-refractivity contribution in [2.75, 3.05) is 39.2 Å². The van der Waals surface area contributed by atoms with E-state index in [1.807, 2.05) is 18.2 Å². The Morgan fingerprint density at radius 1 is 1.10 bits per heavy atom. The van der Waals surface area contributed by atoms with Gasteiger partial charge >= 0.3 is 0 Å². The Morgan fingerprint density at radius 3 is 2.66 bits per heavy atom. The number of aryl methyl sites for hydroxylation is 2. The van der Waals surface area contributed by atoms with E-state index in [0.29, 0.717) is 24.2 Å². The molecule has 6 heteroatoms. The normalized spacial score (nSPS) is 16.6. The molecule has 1 atom stereocenters. The molecule has 1 unspecified atom stereocenters. The van der Waals surface area contributed by atoms with Crippen molar-refractivity contribution in [3.63, 3.8) is 0 Å². The van der Waals surface area contributed by atoms with Crippen LogP contribution in [0.4, 0.5) is 5.69 Å². The van der Waals surface area contributed by atoms with Gasteiger partial charge in [0, 0.05) is 36.8 Å². The minimum absolute atomic E-state index is 0.574. The van der Waals surface area contributed by atoms with Crippen molar-refractivity contribution < 1.29 is 9.15 Å². The first-order valence-electron chi connectivity index (χ1n) is 10.1. The van der Waals surface area contributed by atoms with E-state index in [1.54, 1.807) is 7.11 Å². The molecule has 0 saturated carbocycles. The second-order valence-corrected chi connectivity index (χ2v) is 7.75. The topological polar surface area (TPSA) is 54.6 Å². The van der Waals surface area contributed by atoms with Gasteiger partial charge in [-0.05, 0) is 68.9 Å². The lowest BCUT2D eigenvalue weighted by atomic mass is 10.1. The predicted molar refractivity (Wildman–Crippen MR) is 114 cm³/mol. The van der Waals surface area contributed by atoms with Gasteiger partial charge in [0.2, 0.25) is 11.8 Å². The van der Waals surface area contributed by atoms with Gasteiger partial charge in [0.25, 0.3) is 0 Å². The Morgan fingerprint density at radius 2 is 1.93 bits per heavy atom. The van der Waals surface area contributed by atoms with Crippen LogP contribution in [0.25, 0.3) is 11.5 Å². The molecule has 29 heavy (non-hydrogen) atoms. The average molecular weight is 393 g/mol. The zero-order valence-electron chi connectivity index (χ0n) is 17.3. The number of benzene rings is 2. The molecule has 2 aromatic carbocycles. The summed E-state index contributed by atoms with van der Waals surface area (Å²) in [5, 5.41) is 8.45. The van der Waals surface area contributed by atoms with Crippen molar-refractivity contribution in [1.82, 2.24) is 15.1 Å². The molecule has 0 spiro atoms. The minimum atomic E-state index is 0.574. The summed E-state index contributed by atoms with van der Waals surface area (Å²) in [5.74, 6) is 2.09. The van der Waals surface area contributed by atoms with Crippen LogP contribution in [-0.4, -0.2) is 55.4 Å². The summed E-state index contributed by atoms with van der Waals surface area (Å²) in [6.07, 6.45) is 2.74. The van der Waals surface area contributed by atoms with Crippen molar-refractivity contribution in [1.29, 1.82) is 0 Å². The van der Waals surface area contributed by atoms with Crippen molar-refractivity contribution in [3.05, 3.63) is 60.0 Å². The Kier molecular flexibility index (Phi) is 5.81. The Labute approximate surface area is 172 Å². The number of aromatic nitrogens is 2. The van der Waals surface area contributed by atoms with E-state index in [1.165, 1.54) is 17.7 Å². The molecule has 2 heterocycles. The summed E-state index contributed by atoms with van der Waals surface area (Å²) in [5.41, 5.74) is 3.39. The van der Waals surface area contributed by atoms with E-state index in [4.69, 9.17) is 9.15 Å². The molecular formula is C23H28N4O2. The summed E-state index contributed by atoms with van der Waals surface area (Å²) >= 11 is 0. The highest BCUT2D eigenvalue weighted by atomic mass is 16.5. The number of anilines is 1. The van der Waals surface area contributed by atoms with Crippen LogP contribution in [0, 0.1) is 0 Å².